The number of hydrogen-bond donors (Lipinski definition) is 2. The maximum atomic E-state index is 11.9. The summed E-state index contributed by atoms with van der Waals surface area (Å²) in [7, 11) is 0. The molecule has 2 heterocycles. The van der Waals surface area contributed by atoms with Gasteiger partial charge in [0.15, 0.2) is 0 Å². The molecule has 1 aromatic heterocycles. The fourth-order valence-electron chi connectivity index (χ4n) is 3.09. The first-order chi connectivity index (χ1) is 10.3. The lowest BCUT2D eigenvalue weighted by atomic mass is 10.0. The molecule has 21 heavy (non-hydrogen) atoms. The zero-order chi connectivity index (χ0) is 14.7. The third-order valence-corrected chi connectivity index (χ3v) is 4.38. The van der Waals surface area contributed by atoms with Crippen molar-refractivity contribution in [1.82, 2.24) is 15.3 Å². The van der Waals surface area contributed by atoms with Gasteiger partial charge in [-0.15, -0.1) is 0 Å². The topological polar surface area (TPSA) is 61.0 Å². The largest absolute Gasteiger partial charge is 0.355 e. The minimum atomic E-state index is -0.0143. The molecule has 2 fully saturated rings. The molecule has 1 saturated heterocycles. The Morgan fingerprint density at radius 3 is 2.86 bits per heavy atom. The summed E-state index contributed by atoms with van der Waals surface area (Å²) in [6.07, 6.45) is 7.18. The van der Waals surface area contributed by atoms with Crippen molar-refractivity contribution in [1.29, 1.82) is 0 Å². The van der Waals surface area contributed by atoms with E-state index in [4.69, 9.17) is 4.98 Å². The Balaban J connectivity index is 1.77. The van der Waals surface area contributed by atoms with Crippen molar-refractivity contribution in [2.45, 2.75) is 57.4 Å². The highest BCUT2D eigenvalue weighted by atomic mass is 16.1. The molecule has 3 rings (SSSR count). The minimum Gasteiger partial charge on any atom is -0.355 e. The molecule has 5 nitrogen and oxygen atoms in total. The quantitative estimate of drug-likeness (QED) is 0.841. The van der Waals surface area contributed by atoms with Crippen LogP contribution in [0.5, 0.6) is 0 Å². The fourth-order valence-corrected chi connectivity index (χ4v) is 3.09. The minimum absolute atomic E-state index is 0.0143. The molecule has 116 valence electrons. The number of piperidine rings is 1. The lowest BCUT2D eigenvalue weighted by Gasteiger charge is -2.31. The van der Waals surface area contributed by atoms with E-state index in [1.54, 1.807) is 6.07 Å². The second kappa shape index (κ2) is 6.60. The van der Waals surface area contributed by atoms with E-state index in [2.05, 4.69) is 22.1 Å². The second-order valence-corrected chi connectivity index (χ2v) is 6.36. The van der Waals surface area contributed by atoms with Crippen molar-refractivity contribution in [3.8, 4) is 0 Å². The molecular formula is C16H26N4O. The molecule has 2 aliphatic rings. The van der Waals surface area contributed by atoms with Crippen LogP contribution in [0, 0.1) is 0 Å². The van der Waals surface area contributed by atoms with Gasteiger partial charge in [0, 0.05) is 31.1 Å². The molecule has 0 spiro atoms. The number of H-pyrrole nitrogens is 1. The highest BCUT2D eigenvalue weighted by Crippen LogP contribution is 2.37. The third-order valence-electron chi connectivity index (χ3n) is 4.38. The smallest absolute Gasteiger partial charge is 0.252 e. The van der Waals surface area contributed by atoms with Crippen LogP contribution in [-0.2, 0) is 0 Å². The molecule has 0 aromatic carbocycles. The molecule has 1 saturated carbocycles. The van der Waals surface area contributed by atoms with Crippen LogP contribution < -0.4 is 15.8 Å². The summed E-state index contributed by atoms with van der Waals surface area (Å²) in [5.41, 5.74) is -0.0143. The van der Waals surface area contributed by atoms with Gasteiger partial charge in [0.2, 0.25) is 0 Å². The number of aromatic amines is 1. The van der Waals surface area contributed by atoms with E-state index in [0.29, 0.717) is 12.0 Å². The number of hydrogen-bond acceptors (Lipinski definition) is 4. The summed E-state index contributed by atoms with van der Waals surface area (Å²) in [6, 6.07) is 2.18. The summed E-state index contributed by atoms with van der Waals surface area (Å²) in [6.45, 7) is 5.20. The van der Waals surface area contributed by atoms with Crippen LogP contribution in [0.4, 0.5) is 5.82 Å². The highest BCUT2D eigenvalue weighted by Gasteiger charge is 2.27. The van der Waals surface area contributed by atoms with Crippen LogP contribution >= 0.6 is 0 Å². The molecule has 0 radical (unpaired) electrons. The van der Waals surface area contributed by atoms with E-state index in [-0.39, 0.29) is 5.56 Å². The zero-order valence-electron chi connectivity index (χ0n) is 12.9. The van der Waals surface area contributed by atoms with Gasteiger partial charge in [-0.3, -0.25) is 4.79 Å². The molecule has 0 bridgehead atoms. The summed E-state index contributed by atoms with van der Waals surface area (Å²) in [5.74, 6) is 2.22. The maximum absolute atomic E-state index is 11.9. The lowest BCUT2D eigenvalue weighted by molar-refractivity contribution is 0.398. The standard InChI is InChI=1S/C16H26N4O/c1-2-9-20(11-13-5-3-4-8-17-13)14-10-15(21)19-16(18-14)12-6-7-12/h10,12-13,17H,2-9,11H2,1H3,(H,18,19,21). The Labute approximate surface area is 126 Å². The number of nitrogens with zero attached hydrogens (tertiary/aromatic N) is 2. The van der Waals surface area contributed by atoms with Crippen LogP contribution in [0.2, 0.25) is 0 Å². The summed E-state index contributed by atoms with van der Waals surface area (Å²) >= 11 is 0. The number of aromatic nitrogens is 2. The van der Waals surface area contributed by atoms with Crippen molar-refractivity contribution in [3.63, 3.8) is 0 Å². The molecule has 1 aromatic rings. The Bertz CT molecular complexity index is 517. The van der Waals surface area contributed by atoms with E-state index in [0.717, 1.165) is 50.5 Å². The number of anilines is 1. The van der Waals surface area contributed by atoms with Gasteiger partial charge in [-0.05, 0) is 38.6 Å². The van der Waals surface area contributed by atoms with Crippen molar-refractivity contribution < 1.29 is 0 Å². The average Bonchev–Trinajstić information content (AvgIpc) is 3.32. The molecule has 1 aliphatic heterocycles. The van der Waals surface area contributed by atoms with E-state index >= 15 is 0 Å². The van der Waals surface area contributed by atoms with Gasteiger partial charge in [0.1, 0.15) is 11.6 Å². The van der Waals surface area contributed by atoms with E-state index in [1.165, 1.54) is 19.3 Å². The molecule has 0 amide bonds. The SMILES string of the molecule is CCCN(CC1CCCCN1)c1cc(=O)[nH]c(C2CC2)n1. The van der Waals surface area contributed by atoms with Crippen LogP contribution in [0.3, 0.4) is 0 Å². The van der Waals surface area contributed by atoms with E-state index in [9.17, 15) is 4.79 Å². The van der Waals surface area contributed by atoms with Gasteiger partial charge in [0.05, 0.1) is 0 Å². The molecular weight excluding hydrogens is 264 g/mol. The fraction of sp³-hybridized carbons (Fsp3) is 0.750. The highest BCUT2D eigenvalue weighted by molar-refractivity contribution is 5.38. The normalized spacial score (nSPS) is 22.2. The summed E-state index contributed by atoms with van der Waals surface area (Å²) in [4.78, 5) is 21.8. The maximum Gasteiger partial charge on any atom is 0.252 e. The van der Waals surface area contributed by atoms with Crippen molar-refractivity contribution >= 4 is 5.82 Å². The average molecular weight is 290 g/mol. The van der Waals surface area contributed by atoms with Crippen molar-refractivity contribution in [2.24, 2.45) is 0 Å². The van der Waals surface area contributed by atoms with E-state index < -0.39 is 0 Å². The lowest BCUT2D eigenvalue weighted by Crippen LogP contribution is -2.44. The monoisotopic (exact) mass is 290 g/mol. The molecule has 1 unspecified atom stereocenters. The zero-order valence-corrected chi connectivity index (χ0v) is 12.9. The predicted octanol–water partition coefficient (Wildman–Crippen LogP) is 2.01. The first kappa shape index (κ1) is 14.6. The van der Waals surface area contributed by atoms with Gasteiger partial charge in [0.25, 0.3) is 5.56 Å². The van der Waals surface area contributed by atoms with Crippen LogP contribution in [-0.4, -0.2) is 35.6 Å². The predicted molar refractivity (Wildman–Crippen MR) is 85.0 cm³/mol. The van der Waals surface area contributed by atoms with Crippen LogP contribution in [0.15, 0.2) is 10.9 Å². The molecule has 5 heteroatoms. The Morgan fingerprint density at radius 2 is 2.19 bits per heavy atom. The van der Waals surface area contributed by atoms with Gasteiger partial charge < -0.3 is 15.2 Å². The van der Waals surface area contributed by atoms with Gasteiger partial charge in [-0.2, -0.15) is 0 Å². The molecule has 2 N–H and O–H groups in total. The Morgan fingerprint density at radius 1 is 1.33 bits per heavy atom. The van der Waals surface area contributed by atoms with Crippen LogP contribution in [0.25, 0.3) is 0 Å². The number of rotatable bonds is 6. The van der Waals surface area contributed by atoms with Crippen molar-refractivity contribution in [3.05, 3.63) is 22.2 Å². The molecule has 1 aliphatic carbocycles. The van der Waals surface area contributed by atoms with Gasteiger partial charge in [-0.25, -0.2) is 4.98 Å². The Hall–Kier alpha value is -1.36. The number of nitrogens with one attached hydrogen (secondary N) is 2. The van der Waals surface area contributed by atoms with Crippen LogP contribution in [0.1, 0.15) is 57.2 Å². The summed E-state index contributed by atoms with van der Waals surface area (Å²) in [5, 5.41) is 3.59. The Kier molecular flexibility index (Phi) is 4.58. The van der Waals surface area contributed by atoms with E-state index in [1.807, 2.05) is 0 Å². The summed E-state index contributed by atoms with van der Waals surface area (Å²) < 4.78 is 0. The third kappa shape index (κ3) is 3.84. The molecule has 1 atom stereocenters. The van der Waals surface area contributed by atoms with Gasteiger partial charge in [-0.1, -0.05) is 13.3 Å². The second-order valence-electron chi connectivity index (χ2n) is 6.36. The first-order valence-electron chi connectivity index (χ1n) is 8.36. The van der Waals surface area contributed by atoms with Crippen molar-refractivity contribution in [2.75, 3.05) is 24.5 Å². The first-order valence-corrected chi connectivity index (χ1v) is 8.36. The van der Waals surface area contributed by atoms with Gasteiger partial charge >= 0.3 is 0 Å².